The molecule has 1 heterocycles. The Labute approximate surface area is 80.5 Å². The Hall–Kier alpha value is -0.150. The smallest absolute Gasteiger partial charge is 0.128 e. The lowest BCUT2D eigenvalue weighted by Gasteiger charge is -2.37. The van der Waals surface area contributed by atoms with Gasteiger partial charge in [0, 0.05) is 18.1 Å². The van der Waals surface area contributed by atoms with Crippen LogP contribution in [0, 0.1) is 0 Å². The molecule has 1 N–H and O–H groups in total. The van der Waals surface area contributed by atoms with E-state index in [0.29, 0.717) is 6.54 Å². The summed E-state index contributed by atoms with van der Waals surface area (Å²) in [5.74, 6) is 0. The lowest BCUT2D eigenvalue weighted by Crippen LogP contribution is -2.54. The highest BCUT2D eigenvalue weighted by Gasteiger charge is 2.29. The van der Waals surface area contributed by atoms with Crippen LogP contribution in [0.3, 0.4) is 0 Å². The first-order chi connectivity index (χ1) is 5.88. The lowest BCUT2D eigenvalue weighted by molar-refractivity contribution is 0.108. The molecular weight excluding hydrogens is 167 g/mol. The largest absolute Gasteiger partial charge is 0.306 e. The highest BCUT2D eigenvalue weighted by atomic mass is 19.1. The molecule has 0 radical (unpaired) electrons. The van der Waals surface area contributed by atoms with Crippen molar-refractivity contribution in [3.63, 3.8) is 0 Å². The van der Waals surface area contributed by atoms with Crippen molar-refractivity contribution in [3.05, 3.63) is 0 Å². The number of nitrogens with zero attached hydrogens (tertiary/aromatic N) is 1. The number of alkyl halides is 1. The van der Waals surface area contributed by atoms with E-state index in [4.69, 9.17) is 0 Å². The van der Waals surface area contributed by atoms with Gasteiger partial charge < -0.3 is 10.2 Å². The fraction of sp³-hybridized carbons (Fsp3) is 1.00. The molecule has 78 valence electrons. The first-order valence-corrected chi connectivity index (χ1v) is 4.99. The summed E-state index contributed by atoms with van der Waals surface area (Å²) >= 11 is 0. The minimum Gasteiger partial charge on any atom is -0.306 e. The Balaban J connectivity index is 2.43. The van der Waals surface area contributed by atoms with Crippen molar-refractivity contribution in [2.75, 3.05) is 20.1 Å². The van der Waals surface area contributed by atoms with Gasteiger partial charge in [0.2, 0.25) is 0 Å². The third-order valence-corrected chi connectivity index (χ3v) is 2.36. The number of nitrogens with one attached hydrogen (secondary N) is 1. The molecule has 0 aliphatic carbocycles. The SMILES string of the molecule is CN1CCC(NC(C)(C)C)C(F)C1. The summed E-state index contributed by atoms with van der Waals surface area (Å²) in [4.78, 5) is 2.05. The van der Waals surface area contributed by atoms with Crippen LogP contribution in [-0.4, -0.2) is 42.8 Å². The number of hydrogen-bond acceptors (Lipinski definition) is 2. The van der Waals surface area contributed by atoms with Gasteiger partial charge in [-0.05, 0) is 40.8 Å². The molecule has 0 saturated carbocycles. The van der Waals surface area contributed by atoms with Gasteiger partial charge in [0.15, 0.2) is 0 Å². The number of hydrogen-bond donors (Lipinski definition) is 1. The molecule has 1 rings (SSSR count). The van der Waals surface area contributed by atoms with Gasteiger partial charge in [-0.15, -0.1) is 0 Å². The number of halogens is 1. The molecule has 1 saturated heterocycles. The van der Waals surface area contributed by atoms with Crippen LogP contribution < -0.4 is 5.32 Å². The molecule has 0 aromatic carbocycles. The second kappa shape index (κ2) is 3.93. The Morgan fingerprint density at radius 1 is 1.38 bits per heavy atom. The zero-order valence-electron chi connectivity index (χ0n) is 9.10. The molecule has 2 atom stereocenters. The van der Waals surface area contributed by atoms with Crippen molar-refractivity contribution < 1.29 is 4.39 Å². The van der Waals surface area contributed by atoms with E-state index in [-0.39, 0.29) is 11.6 Å². The lowest BCUT2D eigenvalue weighted by atomic mass is 9.99. The van der Waals surface area contributed by atoms with Crippen molar-refractivity contribution >= 4 is 0 Å². The monoisotopic (exact) mass is 188 g/mol. The molecule has 3 heteroatoms. The minimum atomic E-state index is -0.724. The molecule has 1 aliphatic rings. The Bertz CT molecular complexity index is 165. The number of likely N-dealkylation sites (tertiary alicyclic amines) is 1. The summed E-state index contributed by atoms with van der Waals surface area (Å²) in [5.41, 5.74) is 0.0188. The normalized spacial score (nSPS) is 32.1. The van der Waals surface area contributed by atoms with E-state index in [0.717, 1.165) is 13.0 Å². The zero-order chi connectivity index (χ0) is 10.1. The van der Waals surface area contributed by atoms with E-state index in [9.17, 15) is 4.39 Å². The topological polar surface area (TPSA) is 15.3 Å². The molecule has 0 aromatic rings. The molecular formula is C10H21FN2. The van der Waals surface area contributed by atoms with E-state index in [1.165, 1.54) is 0 Å². The summed E-state index contributed by atoms with van der Waals surface area (Å²) in [7, 11) is 1.97. The predicted octanol–water partition coefficient (Wildman–Crippen LogP) is 1.42. The van der Waals surface area contributed by atoms with Crippen molar-refractivity contribution in [3.8, 4) is 0 Å². The fourth-order valence-electron chi connectivity index (χ4n) is 1.78. The molecule has 1 aliphatic heterocycles. The standard InChI is InChI=1S/C10H21FN2/c1-10(2,3)12-9-5-6-13(4)7-8(9)11/h8-9,12H,5-7H2,1-4H3. The summed E-state index contributed by atoms with van der Waals surface area (Å²) in [6.07, 6.45) is 0.188. The van der Waals surface area contributed by atoms with Crippen LogP contribution in [0.15, 0.2) is 0 Å². The summed E-state index contributed by atoms with van der Waals surface area (Å²) in [6.45, 7) is 7.80. The van der Waals surface area contributed by atoms with Gasteiger partial charge in [-0.2, -0.15) is 0 Å². The molecule has 0 bridgehead atoms. The maximum atomic E-state index is 13.5. The summed E-state index contributed by atoms with van der Waals surface area (Å²) < 4.78 is 13.5. The van der Waals surface area contributed by atoms with Crippen LogP contribution in [0.25, 0.3) is 0 Å². The molecule has 0 amide bonds. The van der Waals surface area contributed by atoms with E-state index in [1.54, 1.807) is 0 Å². The molecule has 13 heavy (non-hydrogen) atoms. The summed E-state index contributed by atoms with van der Waals surface area (Å²) in [5, 5.41) is 3.33. The maximum Gasteiger partial charge on any atom is 0.128 e. The van der Waals surface area contributed by atoms with E-state index in [1.807, 2.05) is 11.9 Å². The van der Waals surface area contributed by atoms with Crippen molar-refractivity contribution in [2.45, 2.75) is 44.9 Å². The van der Waals surface area contributed by atoms with Gasteiger partial charge in [0.25, 0.3) is 0 Å². The van der Waals surface area contributed by atoms with Crippen molar-refractivity contribution in [1.82, 2.24) is 10.2 Å². The van der Waals surface area contributed by atoms with E-state index in [2.05, 4.69) is 26.1 Å². The minimum absolute atomic E-state index is 0.0188. The average molecular weight is 188 g/mol. The molecule has 1 fully saturated rings. The van der Waals surface area contributed by atoms with Gasteiger partial charge in [-0.3, -0.25) is 0 Å². The Kier molecular flexibility index (Phi) is 3.30. The van der Waals surface area contributed by atoms with Gasteiger partial charge >= 0.3 is 0 Å². The number of rotatable bonds is 1. The van der Waals surface area contributed by atoms with E-state index < -0.39 is 6.17 Å². The van der Waals surface area contributed by atoms with Gasteiger partial charge in [0.1, 0.15) is 6.17 Å². The highest BCUT2D eigenvalue weighted by Crippen LogP contribution is 2.15. The predicted molar refractivity (Wildman–Crippen MR) is 53.7 cm³/mol. The second-order valence-electron chi connectivity index (χ2n) is 5.07. The van der Waals surface area contributed by atoms with Gasteiger partial charge in [0.05, 0.1) is 0 Å². The molecule has 0 aromatic heterocycles. The molecule has 2 unspecified atom stereocenters. The Morgan fingerprint density at radius 2 is 2.00 bits per heavy atom. The number of piperidine rings is 1. The van der Waals surface area contributed by atoms with E-state index >= 15 is 0 Å². The second-order valence-corrected chi connectivity index (χ2v) is 5.07. The molecule has 2 nitrogen and oxygen atoms in total. The summed E-state index contributed by atoms with van der Waals surface area (Å²) in [6, 6.07) is 0.0381. The van der Waals surface area contributed by atoms with Crippen LogP contribution in [0.5, 0.6) is 0 Å². The van der Waals surface area contributed by atoms with Crippen LogP contribution in [0.1, 0.15) is 27.2 Å². The first-order valence-electron chi connectivity index (χ1n) is 4.99. The van der Waals surface area contributed by atoms with Crippen molar-refractivity contribution in [1.29, 1.82) is 0 Å². The average Bonchev–Trinajstić information content (AvgIpc) is 1.93. The highest BCUT2D eigenvalue weighted by molar-refractivity contribution is 4.88. The van der Waals surface area contributed by atoms with Crippen molar-refractivity contribution in [2.24, 2.45) is 0 Å². The van der Waals surface area contributed by atoms with Crippen LogP contribution >= 0.6 is 0 Å². The fourth-order valence-corrected chi connectivity index (χ4v) is 1.78. The third-order valence-electron chi connectivity index (χ3n) is 2.36. The zero-order valence-corrected chi connectivity index (χ0v) is 9.10. The van der Waals surface area contributed by atoms with Crippen LogP contribution in [0.2, 0.25) is 0 Å². The third kappa shape index (κ3) is 3.61. The first kappa shape index (κ1) is 10.9. The Morgan fingerprint density at radius 3 is 2.46 bits per heavy atom. The quantitative estimate of drug-likeness (QED) is 0.669. The van der Waals surface area contributed by atoms with Gasteiger partial charge in [-0.1, -0.05) is 0 Å². The van der Waals surface area contributed by atoms with Gasteiger partial charge in [-0.25, -0.2) is 4.39 Å². The van der Waals surface area contributed by atoms with Crippen LogP contribution in [-0.2, 0) is 0 Å². The maximum absolute atomic E-state index is 13.5. The van der Waals surface area contributed by atoms with Crippen LogP contribution in [0.4, 0.5) is 4.39 Å². The molecule has 0 spiro atoms.